The predicted octanol–water partition coefficient (Wildman–Crippen LogP) is 2.85. The van der Waals surface area contributed by atoms with Gasteiger partial charge >= 0.3 is 0 Å². The fourth-order valence-corrected chi connectivity index (χ4v) is 1.42. The van der Waals surface area contributed by atoms with Gasteiger partial charge in [-0.2, -0.15) is 0 Å². The zero-order valence-corrected chi connectivity index (χ0v) is 8.87. The molecule has 0 amide bonds. The van der Waals surface area contributed by atoms with E-state index in [1.807, 2.05) is 6.92 Å². The lowest BCUT2D eigenvalue weighted by Gasteiger charge is -2.09. The number of nitrogen functional groups attached to an aromatic ring is 1. The molecular formula is C12H12FN3. The molecule has 3 N–H and O–H groups in total. The molecule has 1 aromatic heterocycles. The van der Waals surface area contributed by atoms with Crippen LogP contribution in [0.15, 0.2) is 36.5 Å². The first kappa shape index (κ1) is 10.4. The summed E-state index contributed by atoms with van der Waals surface area (Å²) >= 11 is 0. The monoisotopic (exact) mass is 217 g/mol. The minimum Gasteiger partial charge on any atom is -0.397 e. The highest BCUT2D eigenvalue weighted by molar-refractivity contribution is 5.61. The number of para-hydroxylation sites is 1. The second-order valence-corrected chi connectivity index (χ2v) is 3.54. The Morgan fingerprint density at radius 2 is 2.06 bits per heavy atom. The third-order valence-corrected chi connectivity index (χ3v) is 2.23. The van der Waals surface area contributed by atoms with E-state index in [0.717, 1.165) is 5.56 Å². The van der Waals surface area contributed by atoms with Crippen molar-refractivity contribution < 1.29 is 4.39 Å². The molecule has 3 nitrogen and oxygen atoms in total. The molecule has 0 aliphatic rings. The van der Waals surface area contributed by atoms with Crippen molar-refractivity contribution in [2.24, 2.45) is 0 Å². The summed E-state index contributed by atoms with van der Waals surface area (Å²) in [5.41, 5.74) is 7.46. The van der Waals surface area contributed by atoms with Crippen LogP contribution in [-0.4, -0.2) is 4.98 Å². The Balaban J connectivity index is 2.31. The van der Waals surface area contributed by atoms with E-state index in [1.165, 1.54) is 12.3 Å². The maximum Gasteiger partial charge on any atom is 0.146 e. The zero-order valence-electron chi connectivity index (χ0n) is 8.87. The van der Waals surface area contributed by atoms with Crippen molar-refractivity contribution in [1.82, 2.24) is 4.98 Å². The Bertz CT molecular complexity index is 511. The average molecular weight is 217 g/mol. The normalized spacial score (nSPS) is 10.1. The number of pyridine rings is 1. The summed E-state index contributed by atoms with van der Waals surface area (Å²) in [5.74, 6) is 0.305. The molecule has 0 atom stereocenters. The second kappa shape index (κ2) is 4.18. The molecule has 0 unspecified atom stereocenters. The smallest absolute Gasteiger partial charge is 0.146 e. The van der Waals surface area contributed by atoms with E-state index in [1.54, 1.807) is 24.3 Å². The van der Waals surface area contributed by atoms with Crippen LogP contribution in [0.25, 0.3) is 0 Å². The third-order valence-electron chi connectivity index (χ3n) is 2.23. The summed E-state index contributed by atoms with van der Waals surface area (Å²) in [5, 5.41) is 2.93. The van der Waals surface area contributed by atoms with Crippen molar-refractivity contribution >= 4 is 17.2 Å². The van der Waals surface area contributed by atoms with Gasteiger partial charge in [-0.25, -0.2) is 9.37 Å². The first-order chi connectivity index (χ1) is 7.66. The van der Waals surface area contributed by atoms with Gasteiger partial charge in [-0.1, -0.05) is 12.1 Å². The number of nitrogens with zero attached hydrogens (tertiary/aromatic N) is 1. The van der Waals surface area contributed by atoms with E-state index in [0.29, 0.717) is 17.2 Å². The van der Waals surface area contributed by atoms with Crippen molar-refractivity contribution in [3.63, 3.8) is 0 Å². The average Bonchev–Trinajstić information content (AvgIpc) is 2.25. The van der Waals surface area contributed by atoms with Crippen molar-refractivity contribution in [2.75, 3.05) is 11.1 Å². The number of halogens is 1. The minimum absolute atomic E-state index is 0.305. The van der Waals surface area contributed by atoms with Crippen LogP contribution < -0.4 is 11.1 Å². The topological polar surface area (TPSA) is 50.9 Å². The van der Waals surface area contributed by atoms with E-state index in [2.05, 4.69) is 10.3 Å². The molecule has 2 rings (SSSR count). The number of rotatable bonds is 2. The fourth-order valence-electron chi connectivity index (χ4n) is 1.42. The van der Waals surface area contributed by atoms with Crippen LogP contribution in [0.4, 0.5) is 21.6 Å². The maximum absolute atomic E-state index is 13.4. The summed E-state index contributed by atoms with van der Waals surface area (Å²) < 4.78 is 13.4. The van der Waals surface area contributed by atoms with Crippen LogP contribution in [0, 0.1) is 12.7 Å². The van der Waals surface area contributed by atoms with Crippen molar-refractivity contribution in [1.29, 1.82) is 0 Å². The molecule has 2 aromatic rings. The number of nitrogens with two attached hydrogens (primary N) is 1. The van der Waals surface area contributed by atoms with Gasteiger partial charge in [-0.15, -0.1) is 0 Å². The van der Waals surface area contributed by atoms with E-state index in [4.69, 9.17) is 5.73 Å². The van der Waals surface area contributed by atoms with Crippen LogP contribution in [0.3, 0.4) is 0 Å². The van der Waals surface area contributed by atoms with Gasteiger partial charge in [-0.05, 0) is 30.7 Å². The zero-order chi connectivity index (χ0) is 11.5. The molecule has 16 heavy (non-hydrogen) atoms. The Hall–Kier alpha value is -2.10. The van der Waals surface area contributed by atoms with Crippen molar-refractivity contribution in [3.8, 4) is 0 Å². The second-order valence-electron chi connectivity index (χ2n) is 3.54. The summed E-state index contributed by atoms with van der Waals surface area (Å²) in [6.07, 6.45) is 1.54. The van der Waals surface area contributed by atoms with Crippen LogP contribution in [-0.2, 0) is 0 Å². The quantitative estimate of drug-likeness (QED) is 0.813. The van der Waals surface area contributed by atoms with Gasteiger partial charge in [0.05, 0.1) is 17.6 Å². The van der Waals surface area contributed by atoms with Crippen LogP contribution in [0.2, 0.25) is 0 Å². The summed E-state index contributed by atoms with van der Waals surface area (Å²) in [4.78, 5) is 4.11. The molecule has 0 aliphatic heterocycles. The highest BCUT2D eigenvalue weighted by atomic mass is 19.1. The molecule has 1 aromatic carbocycles. The van der Waals surface area contributed by atoms with Gasteiger partial charge in [0.2, 0.25) is 0 Å². The van der Waals surface area contributed by atoms with Crippen LogP contribution >= 0.6 is 0 Å². The van der Waals surface area contributed by atoms with Gasteiger partial charge in [-0.3, -0.25) is 0 Å². The van der Waals surface area contributed by atoms with Crippen LogP contribution in [0.1, 0.15) is 5.56 Å². The van der Waals surface area contributed by atoms with Gasteiger partial charge in [0.15, 0.2) is 0 Å². The van der Waals surface area contributed by atoms with Crippen molar-refractivity contribution in [3.05, 3.63) is 47.9 Å². The number of anilines is 3. The number of aryl methyl sites for hydroxylation is 1. The Labute approximate surface area is 93.1 Å². The lowest BCUT2D eigenvalue weighted by molar-refractivity contribution is 0.632. The van der Waals surface area contributed by atoms with Gasteiger partial charge in [0.25, 0.3) is 0 Å². The first-order valence-electron chi connectivity index (χ1n) is 4.90. The van der Waals surface area contributed by atoms with Gasteiger partial charge in [0, 0.05) is 0 Å². The molecule has 82 valence electrons. The summed E-state index contributed by atoms with van der Waals surface area (Å²) in [7, 11) is 0. The summed E-state index contributed by atoms with van der Waals surface area (Å²) in [6.45, 7) is 1.87. The number of hydrogen-bond donors (Lipinski definition) is 2. The van der Waals surface area contributed by atoms with E-state index >= 15 is 0 Å². The molecule has 0 aliphatic carbocycles. The predicted molar refractivity (Wildman–Crippen MR) is 63.1 cm³/mol. The molecule has 0 spiro atoms. The fraction of sp³-hybridized carbons (Fsp3) is 0.0833. The number of aromatic nitrogens is 1. The highest BCUT2D eigenvalue weighted by Gasteiger charge is 2.04. The first-order valence-corrected chi connectivity index (χ1v) is 4.90. The molecule has 0 bridgehead atoms. The summed E-state index contributed by atoms with van der Waals surface area (Å²) in [6, 6.07) is 8.25. The maximum atomic E-state index is 13.4. The van der Waals surface area contributed by atoms with E-state index in [9.17, 15) is 4.39 Å². The number of nitrogens with one attached hydrogen (secondary N) is 1. The number of benzene rings is 1. The molecule has 4 heteroatoms. The minimum atomic E-state index is -0.305. The van der Waals surface area contributed by atoms with Gasteiger partial charge in [0.1, 0.15) is 11.6 Å². The standard InChI is InChI=1S/C12H12FN3/c1-8-6-9(14)7-15-12(8)16-11-5-3-2-4-10(11)13/h2-7H,14H2,1H3,(H,15,16). The van der Waals surface area contributed by atoms with Gasteiger partial charge < -0.3 is 11.1 Å². The van der Waals surface area contributed by atoms with Crippen molar-refractivity contribution in [2.45, 2.75) is 6.92 Å². The molecule has 0 saturated carbocycles. The third kappa shape index (κ3) is 2.11. The Kier molecular flexibility index (Phi) is 2.72. The largest absolute Gasteiger partial charge is 0.397 e. The number of hydrogen-bond acceptors (Lipinski definition) is 3. The lowest BCUT2D eigenvalue weighted by Crippen LogP contribution is -1.99. The Morgan fingerprint density at radius 3 is 2.75 bits per heavy atom. The molecule has 0 fully saturated rings. The molecule has 1 heterocycles. The SMILES string of the molecule is Cc1cc(N)cnc1Nc1ccccc1F. The lowest BCUT2D eigenvalue weighted by atomic mass is 10.2. The highest BCUT2D eigenvalue weighted by Crippen LogP contribution is 2.21. The van der Waals surface area contributed by atoms with E-state index in [-0.39, 0.29) is 5.82 Å². The van der Waals surface area contributed by atoms with E-state index < -0.39 is 0 Å². The molecule has 0 saturated heterocycles. The Morgan fingerprint density at radius 1 is 1.31 bits per heavy atom. The molecule has 0 radical (unpaired) electrons. The molecular weight excluding hydrogens is 205 g/mol. The van der Waals surface area contributed by atoms with Crippen LogP contribution in [0.5, 0.6) is 0 Å².